The summed E-state index contributed by atoms with van der Waals surface area (Å²) in [6.07, 6.45) is 10.6. The van der Waals surface area contributed by atoms with Gasteiger partial charge in [0, 0.05) is 38.8 Å². The van der Waals surface area contributed by atoms with Crippen molar-refractivity contribution in [1.82, 2.24) is 25.3 Å². The van der Waals surface area contributed by atoms with E-state index in [1.165, 1.54) is 38.5 Å². The molecule has 3 heterocycles. The minimum Gasteiger partial charge on any atom is -0.357 e. The van der Waals surface area contributed by atoms with Crippen LogP contribution in [0.4, 0.5) is 0 Å². The number of aromatic nitrogens is 3. The van der Waals surface area contributed by atoms with E-state index in [9.17, 15) is 0 Å². The van der Waals surface area contributed by atoms with Gasteiger partial charge in [-0.25, -0.2) is 0 Å². The molecule has 1 saturated carbocycles. The van der Waals surface area contributed by atoms with Gasteiger partial charge in [-0.05, 0) is 43.7 Å². The Morgan fingerprint density at radius 1 is 1.25 bits per heavy atom. The van der Waals surface area contributed by atoms with E-state index in [1.807, 2.05) is 18.2 Å². The van der Waals surface area contributed by atoms with Crippen LogP contribution in [0.3, 0.4) is 0 Å². The molecule has 2 aromatic heterocycles. The van der Waals surface area contributed by atoms with Crippen LogP contribution in [0.2, 0.25) is 0 Å². The number of guanidine groups is 1. The first-order valence-corrected chi connectivity index (χ1v) is 10.6. The zero-order chi connectivity index (χ0) is 19.2. The standard InChI is InChI=1S/C21H30N6O/c1-2-22-20(27-15-12-21(16-27)10-5-3-6-11-21)24-14-9-18-25-19(28-26-18)17-8-4-7-13-23-17/h4,7-8,13H,2-3,5-6,9-12,14-16H2,1H3,(H,22,24). The van der Waals surface area contributed by atoms with E-state index in [0.29, 0.717) is 35.8 Å². The number of pyridine rings is 1. The van der Waals surface area contributed by atoms with Crippen molar-refractivity contribution >= 4 is 5.96 Å². The number of rotatable bonds is 5. The normalized spacial score (nSPS) is 19.3. The maximum Gasteiger partial charge on any atom is 0.276 e. The monoisotopic (exact) mass is 382 g/mol. The molecule has 2 aliphatic rings. The molecule has 1 N–H and O–H groups in total. The second-order valence-corrected chi connectivity index (χ2v) is 7.95. The molecule has 2 fully saturated rings. The van der Waals surface area contributed by atoms with E-state index < -0.39 is 0 Å². The molecule has 0 aromatic carbocycles. The van der Waals surface area contributed by atoms with Crippen molar-refractivity contribution in [2.45, 2.75) is 51.9 Å². The summed E-state index contributed by atoms with van der Waals surface area (Å²) in [4.78, 5) is 16.0. The van der Waals surface area contributed by atoms with Crippen molar-refractivity contribution in [2.75, 3.05) is 26.2 Å². The molecule has 1 saturated heterocycles. The molecule has 7 heteroatoms. The lowest BCUT2D eigenvalue weighted by Crippen LogP contribution is -2.41. The third kappa shape index (κ3) is 4.34. The molecule has 7 nitrogen and oxygen atoms in total. The average Bonchev–Trinajstić information content (AvgIpc) is 3.36. The van der Waals surface area contributed by atoms with Gasteiger partial charge in [-0.2, -0.15) is 4.98 Å². The van der Waals surface area contributed by atoms with Gasteiger partial charge in [0.25, 0.3) is 5.89 Å². The second kappa shape index (κ2) is 8.71. The Labute approximate surface area is 166 Å². The van der Waals surface area contributed by atoms with Crippen molar-refractivity contribution in [3.05, 3.63) is 30.2 Å². The predicted molar refractivity (Wildman–Crippen MR) is 109 cm³/mol. The molecule has 2 aromatic rings. The summed E-state index contributed by atoms with van der Waals surface area (Å²) in [5, 5.41) is 7.54. The van der Waals surface area contributed by atoms with E-state index in [4.69, 9.17) is 9.52 Å². The Hall–Kier alpha value is -2.44. The van der Waals surface area contributed by atoms with Gasteiger partial charge in [0.2, 0.25) is 0 Å². The Morgan fingerprint density at radius 3 is 2.93 bits per heavy atom. The third-order valence-corrected chi connectivity index (χ3v) is 5.94. The van der Waals surface area contributed by atoms with E-state index >= 15 is 0 Å². The van der Waals surface area contributed by atoms with Crippen molar-refractivity contribution in [2.24, 2.45) is 10.4 Å². The Kier molecular flexibility index (Phi) is 5.88. The summed E-state index contributed by atoms with van der Waals surface area (Å²) in [7, 11) is 0. The SMILES string of the molecule is CCNC(=NCCc1noc(-c2ccccn2)n1)N1CCC2(CCCCC2)C1. The van der Waals surface area contributed by atoms with E-state index in [-0.39, 0.29) is 0 Å². The van der Waals surface area contributed by atoms with Crippen LogP contribution in [0.15, 0.2) is 33.9 Å². The third-order valence-electron chi connectivity index (χ3n) is 5.94. The van der Waals surface area contributed by atoms with Crippen LogP contribution in [0, 0.1) is 5.41 Å². The van der Waals surface area contributed by atoms with Gasteiger partial charge in [0.05, 0.1) is 0 Å². The van der Waals surface area contributed by atoms with E-state index in [1.54, 1.807) is 6.20 Å². The molecule has 4 rings (SSSR count). The number of aliphatic imine (C=N–C) groups is 1. The average molecular weight is 383 g/mol. The van der Waals surface area contributed by atoms with Crippen molar-refractivity contribution < 1.29 is 4.52 Å². The molecule has 0 amide bonds. The van der Waals surface area contributed by atoms with Gasteiger partial charge >= 0.3 is 0 Å². The molecule has 28 heavy (non-hydrogen) atoms. The lowest BCUT2D eigenvalue weighted by atomic mass is 9.73. The maximum absolute atomic E-state index is 5.33. The maximum atomic E-state index is 5.33. The highest BCUT2D eigenvalue weighted by Gasteiger charge is 2.39. The van der Waals surface area contributed by atoms with Crippen molar-refractivity contribution in [3.8, 4) is 11.6 Å². The lowest BCUT2D eigenvalue weighted by Gasteiger charge is -2.33. The largest absolute Gasteiger partial charge is 0.357 e. The zero-order valence-electron chi connectivity index (χ0n) is 16.7. The lowest BCUT2D eigenvalue weighted by molar-refractivity contribution is 0.203. The smallest absolute Gasteiger partial charge is 0.276 e. The summed E-state index contributed by atoms with van der Waals surface area (Å²) in [6.45, 7) is 5.91. The number of nitrogens with zero attached hydrogens (tertiary/aromatic N) is 5. The molecule has 0 unspecified atom stereocenters. The summed E-state index contributed by atoms with van der Waals surface area (Å²) >= 11 is 0. The summed E-state index contributed by atoms with van der Waals surface area (Å²) in [5.41, 5.74) is 1.23. The first kappa shape index (κ1) is 18.9. The highest BCUT2D eigenvalue weighted by molar-refractivity contribution is 5.80. The minimum atomic E-state index is 0.463. The number of nitrogens with one attached hydrogen (secondary N) is 1. The molecule has 0 atom stereocenters. The fourth-order valence-electron chi connectivity index (χ4n) is 4.46. The summed E-state index contributed by atoms with van der Waals surface area (Å²) in [5.74, 6) is 2.16. The summed E-state index contributed by atoms with van der Waals surface area (Å²) < 4.78 is 5.33. The molecule has 1 aliphatic heterocycles. The molecular weight excluding hydrogens is 352 g/mol. The van der Waals surface area contributed by atoms with Crippen molar-refractivity contribution in [1.29, 1.82) is 0 Å². The number of likely N-dealkylation sites (tertiary alicyclic amines) is 1. The van der Waals surface area contributed by atoms with Gasteiger partial charge in [0.15, 0.2) is 11.8 Å². The highest BCUT2D eigenvalue weighted by Crippen LogP contribution is 2.43. The first-order chi connectivity index (χ1) is 13.8. The molecule has 150 valence electrons. The Morgan fingerprint density at radius 2 is 2.14 bits per heavy atom. The fraction of sp³-hybridized carbons (Fsp3) is 0.619. The quantitative estimate of drug-likeness (QED) is 0.631. The van der Waals surface area contributed by atoms with Crippen LogP contribution < -0.4 is 5.32 Å². The van der Waals surface area contributed by atoms with Gasteiger partial charge < -0.3 is 14.7 Å². The topological polar surface area (TPSA) is 79.4 Å². The van der Waals surface area contributed by atoms with Crippen LogP contribution in [-0.2, 0) is 6.42 Å². The summed E-state index contributed by atoms with van der Waals surface area (Å²) in [6, 6.07) is 5.65. The predicted octanol–water partition coefficient (Wildman–Crippen LogP) is 3.30. The number of hydrogen-bond donors (Lipinski definition) is 1. The number of hydrogen-bond acceptors (Lipinski definition) is 5. The van der Waals surface area contributed by atoms with E-state index in [0.717, 1.165) is 25.6 Å². The van der Waals surface area contributed by atoms with Crippen LogP contribution in [-0.4, -0.2) is 52.2 Å². The molecule has 0 radical (unpaired) electrons. The zero-order valence-corrected chi connectivity index (χ0v) is 16.7. The van der Waals surface area contributed by atoms with Gasteiger partial charge in [-0.15, -0.1) is 0 Å². The van der Waals surface area contributed by atoms with Crippen LogP contribution in [0.25, 0.3) is 11.6 Å². The van der Waals surface area contributed by atoms with Crippen molar-refractivity contribution in [3.63, 3.8) is 0 Å². The minimum absolute atomic E-state index is 0.463. The molecule has 1 aliphatic carbocycles. The van der Waals surface area contributed by atoms with Crippen LogP contribution in [0.5, 0.6) is 0 Å². The first-order valence-electron chi connectivity index (χ1n) is 10.6. The fourth-order valence-corrected chi connectivity index (χ4v) is 4.46. The van der Waals surface area contributed by atoms with Gasteiger partial charge in [-0.3, -0.25) is 9.98 Å². The Balaban J connectivity index is 1.36. The van der Waals surface area contributed by atoms with Crippen LogP contribution in [0.1, 0.15) is 51.3 Å². The van der Waals surface area contributed by atoms with Gasteiger partial charge in [0.1, 0.15) is 5.69 Å². The Bertz CT molecular complexity index is 781. The van der Waals surface area contributed by atoms with E-state index in [2.05, 4.69) is 32.3 Å². The molecule has 0 bridgehead atoms. The highest BCUT2D eigenvalue weighted by atomic mass is 16.5. The van der Waals surface area contributed by atoms with Crippen LogP contribution >= 0.6 is 0 Å². The second-order valence-electron chi connectivity index (χ2n) is 7.95. The van der Waals surface area contributed by atoms with Gasteiger partial charge in [-0.1, -0.05) is 30.5 Å². The molecule has 1 spiro atoms. The molecular formula is C21H30N6O.